The standard InChI is InChI=1S/C10H10N4O4/c15-5-10(3-4-10)11-6-1-2-7(14(16)17)9-8(6)12-18-13-9/h1-2,11,15H,3-5H2. The Bertz CT molecular complexity index is 619. The van der Waals surface area contributed by atoms with Gasteiger partial charge in [-0.1, -0.05) is 0 Å². The summed E-state index contributed by atoms with van der Waals surface area (Å²) < 4.78 is 4.56. The van der Waals surface area contributed by atoms with Crippen molar-refractivity contribution in [2.45, 2.75) is 18.4 Å². The van der Waals surface area contributed by atoms with E-state index in [4.69, 9.17) is 0 Å². The van der Waals surface area contributed by atoms with Gasteiger partial charge in [-0.25, -0.2) is 4.63 Å². The number of non-ortho nitro benzene ring substituents is 1. The fraction of sp³-hybridized carbons (Fsp3) is 0.400. The van der Waals surface area contributed by atoms with Crippen molar-refractivity contribution in [1.82, 2.24) is 10.3 Å². The normalized spacial score (nSPS) is 16.7. The third kappa shape index (κ3) is 1.58. The molecule has 94 valence electrons. The average molecular weight is 250 g/mol. The molecule has 8 heteroatoms. The van der Waals surface area contributed by atoms with Crippen LogP contribution in [0.2, 0.25) is 0 Å². The fourth-order valence-electron chi connectivity index (χ4n) is 1.86. The molecule has 3 rings (SSSR count). The maximum absolute atomic E-state index is 10.8. The number of rotatable bonds is 4. The van der Waals surface area contributed by atoms with Crippen LogP contribution in [0, 0.1) is 10.1 Å². The minimum absolute atomic E-state index is 0.0107. The number of hydrogen-bond acceptors (Lipinski definition) is 7. The summed E-state index contributed by atoms with van der Waals surface area (Å²) >= 11 is 0. The van der Waals surface area contributed by atoms with Crippen LogP contribution in [0.5, 0.6) is 0 Å². The molecular formula is C10H10N4O4. The van der Waals surface area contributed by atoms with Crippen LogP contribution >= 0.6 is 0 Å². The number of benzene rings is 1. The highest BCUT2D eigenvalue weighted by molar-refractivity contribution is 5.93. The highest BCUT2D eigenvalue weighted by Crippen LogP contribution is 2.40. The van der Waals surface area contributed by atoms with E-state index < -0.39 is 4.92 Å². The lowest BCUT2D eigenvalue weighted by Crippen LogP contribution is -2.25. The van der Waals surface area contributed by atoms with Gasteiger partial charge in [0.05, 0.1) is 22.8 Å². The van der Waals surface area contributed by atoms with Gasteiger partial charge in [0.15, 0.2) is 5.52 Å². The molecule has 1 saturated carbocycles. The monoisotopic (exact) mass is 250 g/mol. The summed E-state index contributed by atoms with van der Waals surface area (Å²) in [6.45, 7) is 0.0107. The maximum Gasteiger partial charge on any atom is 0.300 e. The second-order valence-corrected chi connectivity index (χ2v) is 4.41. The van der Waals surface area contributed by atoms with Crippen LogP contribution in [-0.4, -0.2) is 32.5 Å². The highest BCUT2D eigenvalue weighted by atomic mass is 16.6. The molecule has 1 heterocycles. The van der Waals surface area contributed by atoms with Crippen LogP contribution in [0.3, 0.4) is 0 Å². The van der Waals surface area contributed by atoms with E-state index in [0.29, 0.717) is 11.2 Å². The minimum atomic E-state index is -0.532. The molecular weight excluding hydrogens is 240 g/mol. The van der Waals surface area contributed by atoms with Crippen molar-refractivity contribution in [3.8, 4) is 0 Å². The molecule has 1 aliphatic carbocycles. The van der Waals surface area contributed by atoms with Gasteiger partial charge in [0, 0.05) is 6.07 Å². The summed E-state index contributed by atoms with van der Waals surface area (Å²) in [5, 5.41) is 30.4. The molecule has 1 aromatic carbocycles. The molecule has 8 nitrogen and oxygen atoms in total. The summed E-state index contributed by atoms with van der Waals surface area (Å²) in [6.07, 6.45) is 1.71. The first kappa shape index (κ1) is 10.9. The van der Waals surface area contributed by atoms with E-state index in [1.54, 1.807) is 6.07 Å². The summed E-state index contributed by atoms with van der Waals surface area (Å²) in [5.74, 6) is 0. The van der Waals surface area contributed by atoms with Gasteiger partial charge < -0.3 is 10.4 Å². The zero-order chi connectivity index (χ0) is 12.8. The number of nitro groups is 1. The molecule has 0 spiro atoms. The quantitative estimate of drug-likeness (QED) is 0.616. The Morgan fingerprint density at radius 2 is 2.17 bits per heavy atom. The summed E-state index contributed by atoms with van der Waals surface area (Å²) in [4.78, 5) is 10.3. The Hall–Kier alpha value is -2.22. The zero-order valence-corrected chi connectivity index (χ0v) is 9.29. The molecule has 1 fully saturated rings. The zero-order valence-electron chi connectivity index (χ0n) is 9.29. The SMILES string of the molecule is O=[N+]([O-])c1ccc(NC2(CO)CC2)c2nonc12. The number of aliphatic hydroxyl groups excluding tert-OH is 1. The number of aromatic nitrogens is 2. The van der Waals surface area contributed by atoms with Gasteiger partial charge in [-0.15, -0.1) is 0 Å². The molecule has 2 aromatic rings. The molecule has 18 heavy (non-hydrogen) atoms. The Kier molecular flexibility index (Phi) is 2.20. The number of aliphatic hydroxyl groups is 1. The van der Waals surface area contributed by atoms with Crippen molar-refractivity contribution < 1.29 is 14.7 Å². The van der Waals surface area contributed by atoms with E-state index in [0.717, 1.165) is 12.8 Å². The van der Waals surface area contributed by atoms with Crippen LogP contribution in [0.25, 0.3) is 11.0 Å². The molecule has 0 aliphatic heterocycles. The van der Waals surface area contributed by atoms with E-state index in [-0.39, 0.29) is 23.3 Å². The molecule has 0 bridgehead atoms. The first-order chi connectivity index (χ1) is 8.65. The Morgan fingerprint density at radius 1 is 1.44 bits per heavy atom. The lowest BCUT2D eigenvalue weighted by atomic mass is 10.2. The van der Waals surface area contributed by atoms with Crippen molar-refractivity contribution in [2.75, 3.05) is 11.9 Å². The minimum Gasteiger partial charge on any atom is -0.394 e. The summed E-state index contributed by atoms with van der Waals surface area (Å²) in [6, 6.07) is 2.91. The van der Waals surface area contributed by atoms with E-state index in [2.05, 4.69) is 20.3 Å². The third-order valence-corrected chi connectivity index (χ3v) is 3.15. The van der Waals surface area contributed by atoms with Crippen molar-refractivity contribution >= 4 is 22.4 Å². The van der Waals surface area contributed by atoms with Gasteiger partial charge >= 0.3 is 5.69 Å². The fourth-order valence-corrected chi connectivity index (χ4v) is 1.86. The molecule has 0 atom stereocenters. The predicted molar refractivity (Wildman–Crippen MR) is 61.1 cm³/mol. The molecule has 0 amide bonds. The van der Waals surface area contributed by atoms with Crippen LogP contribution in [0.4, 0.5) is 11.4 Å². The summed E-state index contributed by atoms with van der Waals surface area (Å²) in [7, 11) is 0. The Labute approximate surface area is 101 Å². The average Bonchev–Trinajstić information content (AvgIpc) is 2.95. The maximum atomic E-state index is 10.8. The van der Waals surface area contributed by atoms with Crippen molar-refractivity contribution in [2.24, 2.45) is 0 Å². The smallest absolute Gasteiger partial charge is 0.300 e. The molecule has 2 N–H and O–H groups in total. The highest BCUT2D eigenvalue weighted by Gasteiger charge is 2.42. The lowest BCUT2D eigenvalue weighted by molar-refractivity contribution is -0.383. The Balaban J connectivity index is 2.06. The van der Waals surface area contributed by atoms with E-state index >= 15 is 0 Å². The van der Waals surface area contributed by atoms with Gasteiger partial charge in [-0.3, -0.25) is 10.1 Å². The first-order valence-electron chi connectivity index (χ1n) is 5.44. The summed E-state index contributed by atoms with van der Waals surface area (Å²) in [5.41, 5.74) is 0.527. The third-order valence-electron chi connectivity index (χ3n) is 3.15. The number of anilines is 1. The molecule has 0 saturated heterocycles. The molecule has 0 unspecified atom stereocenters. The van der Waals surface area contributed by atoms with Crippen LogP contribution in [-0.2, 0) is 0 Å². The van der Waals surface area contributed by atoms with E-state index in [1.807, 2.05) is 0 Å². The van der Waals surface area contributed by atoms with Crippen LogP contribution < -0.4 is 5.32 Å². The van der Waals surface area contributed by atoms with Gasteiger partial charge in [0.25, 0.3) is 0 Å². The van der Waals surface area contributed by atoms with Crippen molar-refractivity contribution in [3.63, 3.8) is 0 Å². The second-order valence-electron chi connectivity index (χ2n) is 4.41. The largest absolute Gasteiger partial charge is 0.394 e. The topological polar surface area (TPSA) is 114 Å². The van der Waals surface area contributed by atoms with Gasteiger partial charge in [0.1, 0.15) is 0 Å². The molecule has 0 radical (unpaired) electrons. The van der Waals surface area contributed by atoms with Gasteiger partial charge in [-0.05, 0) is 29.2 Å². The Morgan fingerprint density at radius 3 is 2.78 bits per heavy atom. The van der Waals surface area contributed by atoms with Crippen LogP contribution in [0.1, 0.15) is 12.8 Å². The first-order valence-corrected chi connectivity index (χ1v) is 5.44. The number of fused-ring (bicyclic) bond motifs is 1. The number of hydrogen-bond donors (Lipinski definition) is 2. The second kappa shape index (κ2) is 3.64. The number of nitro benzene ring substituents is 1. The van der Waals surface area contributed by atoms with Crippen molar-refractivity contribution in [1.29, 1.82) is 0 Å². The van der Waals surface area contributed by atoms with Gasteiger partial charge in [0.2, 0.25) is 5.52 Å². The number of nitrogens with one attached hydrogen (secondary N) is 1. The van der Waals surface area contributed by atoms with E-state index in [1.165, 1.54) is 6.07 Å². The van der Waals surface area contributed by atoms with Crippen LogP contribution in [0.15, 0.2) is 16.8 Å². The van der Waals surface area contributed by atoms with E-state index in [9.17, 15) is 15.2 Å². The van der Waals surface area contributed by atoms with Gasteiger partial charge in [-0.2, -0.15) is 0 Å². The number of nitrogens with zero attached hydrogens (tertiary/aromatic N) is 3. The van der Waals surface area contributed by atoms with Crippen molar-refractivity contribution in [3.05, 3.63) is 22.2 Å². The molecule has 1 aliphatic rings. The predicted octanol–water partition coefficient (Wildman–Crippen LogP) is 1.07. The molecule has 1 aromatic heterocycles. The lowest BCUT2D eigenvalue weighted by Gasteiger charge is -2.15.